The fourth-order valence-corrected chi connectivity index (χ4v) is 4.29. The number of rotatable bonds is 5. The third-order valence-corrected chi connectivity index (χ3v) is 5.67. The van der Waals surface area contributed by atoms with E-state index in [0.717, 1.165) is 18.9 Å². The highest BCUT2D eigenvalue weighted by Gasteiger charge is 2.51. The third kappa shape index (κ3) is 5.40. The van der Waals surface area contributed by atoms with Crippen molar-refractivity contribution in [2.45, 2.75) is 63.4 Å². The summed E-state index contributed by atoms with van der Waals surface area (Å²) in [5.74, 6) is -3.49. The van der Waals surface area contributed by atoms with Gasteiger partial charge in [-0.15, -0.1) is 0 Å². The van der Waals surface area contributed by atoms with Gasteiger partial charge in [0.15, 0.2) is 0 Å². The summed E-state index contributed by atoms with van der Waals surface area (Å²) in [4.78, 5) is 37.5. The largest absolute Gasteiger partial charge is 0.410 e. The van der Waals surface area contributed by atoms with Crippen LogP contribution in [0.3, 0.4) is 0 Å². The van der Waals surface area contributed by atoms with E-state index in [1.54, 1.807) is 4.90 Å². The monoisotopic (exact) mass is 441 g/mol. The van der Waals surface area contributed by atoms with Crippen molar-refractivity contribution in [3.63, 3.8) is 0 Å². The van der Waals surface area contributed by atoms with E-state index >= 15 is 0 Å². The molecular weight excluding hydrogens is 417 g/mol. The van der Waals surface area contributed by atoms with E-state index in [1.165, 1.54) is 19.1 Å². The number of hydrogen-bond donors (Lipinski definition) is 3. The molecule has 30 heavy (non-hydrogen) atoms. The molecule has 1 unspecified atom stereocenters. The Kier molecular flexibility index (Phi) is 6.82. The topological polar surface area (TPSA) is 108 Å². The Balaban J connectivity index is 1.51. The lowest BCUT2D eigenvalue weighted by molar-refractivity contribution is -0.183. The lowest BCUT2D eigenvalue weighted by atomic mass is 9.90. The predicted octanol–water partition coefficient (Wildman–Crippen LogP) is 2.07. The molecule has 3 rings (SSSR count). The fourth-order valence-electron chi connectivity index (χ4n) is 4.04. The Morgan fingerprint density at radius 1 is 1.30 bits per heavy atom. The van der Waals surface area contributed by atoms with Gasteiger partial charge in [-0.05, 0) is 49.4 Å². The van der Waals surface area contributed by atoms with Gasteiger partial charge in [-0.3, -0.25) is 9.59 Å². The summed E-state index contributed by atoms with van der Waals surface area (Å²) in [6.45, 7) is 1.68. The second kappa shape index (κ2) is 9.18. The Bertz CT molecular complexity index is 810. The normalized spacial score (nSPS) is 26.4. The SMILES string of the molecule is CC(=O)NC1CCC(N2CCC(O)(OC(=O)NCc3cc(F)cc(Cl)c3)C2=O)CC1. The van der Waals surface area contributed by atoms with Crippen LogP contribution in [-0.4, -0.2) is 52.3 Å². The number of likely N-dealkylation sites (tertiary alicyclic amines) is 1. The molecule has 1 saturated heterocycles. The van der Waals surface area contributed by atoms with Crippen LogP contribution in [0.5, 0.6) is 0 Å². The summed E-state index contributed by atoms with van der Waals surface area (Å²) < 4.78 is 18.4. The lowest BCUT2D eigenvalue weighted by Gasteiger charge is -2.35. The molecule has 0 spiro atoms. The Hall–Kier alpha value is -2.39. The zero-order chi connectivity index (χ0) is 21.9. The first-order valence-electron chi connectivity index (χ1n) is 9.88. The van der Waals surface area contributed by atoms with Gasteiger partial charge in [-0.2, -0.15) is 0 Å². The van der Waals surface area contributed by atoms with Crippen LogP contribution in [0.4, 0.5) is 9.18 Å². The van der Waals surface area contributed by atoms with E-state index in [2.05, 4.69) is 10.6 Å². The minimum absolute atomic E-state index is 0.0311. The maximum atomic E-state index is 13.4. The zero-order valence-corrected chi connectivity index (χ0v) is 17.4. The molecule has 1 aliphatic carbocycles. The van der Waals surface area contributed by atoms with E-state index < -0.39 is 23.6 Å². The van der Waals surface area contributed by atoms with Crippen molar-refractivity contribution in [3.05, 3.63) is 34.6 Å². The molecule has 3 amide bonds. The minimum Gasteiger partial charge on any atom is -0.407 e. The first kappa shape index (κ1) is 22.3. The van der Waals surface area contributed by atoms with Crippen LogP contribution >= 0.6 is 11.6 Å². The third-order valence-electron chi connectivity index (χ3n) is 5.45. The quantitative estimate of drug-likeness (QED) is 0.606. The van der Waals surface area contributed by atoms with E-state index in [0.29, 0.717) is 18.4 Å². The first-order valence-corrected chi connectivity index (χ1v) is 10.3. The number of benzene rings is 1. The smallest absolute Gasteiger partial charge is 0.407 e. The fraction of sp³-hybridized carbons (Fsp3) is 0.550. The number of nitrogens with zero attached hydrogens (tertiary/aromatic N) is 1. The molecule has 1 aromatic carbocycles. The molecule has 8 nitrogen and oxygen atoms in total. The van der Waals surface area contributed by atoms with Crippen LogP contribution in [0.25, 0.3) is 0 Å². The number of halogens is 2. The Labute approximate surface area is 178 Å². The van der Waals surface area contributed by atoms with Crippen molar-refractivity contribution in [2.75, 3.05) is 6.54 Å². The van der Waals surface area contributed by atoms with Gasteiger partial charge in [0.2, 0.25) is 5.91 Å². The molecular formula is C20H25ClFN3O5. The van der Waals surface area contributed by atoms with Crippen LogP contribution in [0.1, 0.15) is 44.6 Å². The van der Waals surface area contributed by atoms with Crippen LogP contribution in [0, 0.1) is 5.82 Å². The summed E-state index contributed by atoms with van der Waals surface area (Å²) in [6.07, 6.45) is 1.85. The van der Waals surface area contributed by atoms with Crippen LogP contribution in [0.2, 0.25) is 5.02 Å². The van der Waals surface area contributed by atoms with E-state index in [4.69, 9.17) is 16.3 Å². The zero-order valence-electron chi connectivity index (χ0n) is 16.6. The van der Waals surface area contributed by atoms with Gasteiger partial charge in [0.25, 0.3) is 11.7 Å². The van der Waals surface area contributed by atoms with Gasteiger partial charge in [-0.25, -0.2) is 9.18 Å². The number of alkyl carbamates (subject to hydrolysis) is 1. The molecule has 1 saturated carbocycles. The number of carbonyl (C=O) groups excluding carboxylic acids is 3. The summed E-state index contributed by atoms with van der Waals surface area (Å²) in [5.41, 5.74) is 0.416. The number of hydrogen-bond acceptors (Lipinski definition) is 5. The van der Waals surface area contributed by atoms with Crippen molar-refractivity contribution >= 4 is 29.5 Å². The first-order chi connectivity index (χ1) is 14.2. The van der Waals surface area contributed by atoms with Crippen molar-refractivity contribution in [2.24, 2.45) is 0 Å². The maximum absolute atomic E-state index is 13.4. The molecule has 1 atom stereocenters. The molecule has 0 aromatic heterocycles. The second-order valence-electron chi connectivity index (χ2n) is 7.76. The van der Waals surface area contributed by atoms with Crippen molar-refractivity contribution in [1.82, 2.24) is 15.5 Å². The summed E-state index contributed by atoms with van der Waals surface area (Å²) in [7, 11) is 0. The lowest BCUT2D eigenvalue weighted by Crippen LogP contribution is -2.50. The Morgan fingerprint density at radius 2 is 2.00 bits per heavy atom. The molecule has 2 fully saturated rings. The highest BCUT2D eigenvalue weighted by atomic mass is 35.5. The number of carbonyl (C=O) groups is 3. The molecule has 2 aliphatic rings. The molecule has 1 aliphatic heterocycles. The number of ether oxygens (including phenoxy) is 1. The van der Waals surface area contributed by atoms with Gasteiger partial charge >= 0.3 is 6.09 Å². The van der Waals surface area contributed by atoms with E-state index in [1.807, 2.05) is 0 Å². The predicted molar refractivity (Wildman–Crippen MR) is 106 cm³/mol. The Morgan fingerprint density at radius 3 is 2.63 bits per heavy atom. The molecule has 1 aromatic rings. The highest BCUT2D eigenvalue weighted by molar-refractivity contribution is 6.30. The molecule has 3 N–H and O–H groups in total. The number of aliphatic hydroxyl groups is 1. The average molecular weight is 442 g/mol. The van der Waals surface area contributed by atoms with E-state index in [9.17, 15) is 23.9 Å². The minimum atomic E-state index is -2.22. The number of nitrogens with one attached hydrogen (secondary N) is 2. The van der Waals surface area contributed by atoms with Gasteiger partial charge in [0, 0.05) is 43.5 Å². The average Bonchev–Trinajstić information content (AvgIpc) is 2.94. The summed E-state index contributed by atoms with van der Waals surface area (Å²) in [6, 6.07) is 3.85. The van der Waals surface area contributed by atoms with Crippen molar-refractivity contribution in [1.29, 1.82) is 0 Å². The standard InChI is InChI=1S/C20H25ClFN3O5/c1-12(26)24-16-2-4-17(5-3-16)25-7-6-20(29,18(25)27)30-19(28)23-11-13-8-14(21)10-15(22)9-13/h8-10,16-17,29H,2-7,11H2,1H3,(H,23,28)(H,24,26). The second-order valence-corrected chi connectivity index (χ2v) is 8.20. The summed E-state index contributed by atoms with van der Waals surface area (Å²) in [5, 5.41) is 16.0. The van der Waals surface area contributed by atoms with Gasteiger partial charge in [-0.1, -0.05) is 11.6 Å². The van der Waals surface area contributed by atoms with Crippen molar-refractivity contribution in [3.8, 4) is 0 Å². The highest BCUT2D eigenvalue weighted by Crippen LogP contribution is 2.32. The molecule has 10 heteroatoms. The van der Waals surface area contributed by atoms with E-state index in [-0.39, 0.29) is 42.5 Å². The van der Waals surface area contributed by atoms with Gasteiger partial charge in [0.1, 0.15) is 5.82 Å². The van der Waals surface area contributed by atoms with Crippen LogP contribution in [-0.2, 0) is 20.9 Å². The molecule has 164 valence electrons. The van der Waals surface area contributed by atoms with Crippen LogP contribution in [0.15, 0.2) is 18.2 Å². The molecule has 0 bridgehead atoms. The van der Waals surface area contributed by atoms with Gasteiger partial charge < -0.3 is 25.4 Å². The van der Waals surface area contributed by atoms with Crippen LogP contribution < -0.4 is 10.6 Å². The summed E-state index contributed by atoms with van der Waals surface area (Å²) >= 11 is 5.77. The van der Waals surface area contributed by atoms with Gasteiger partial charge in [0.05, 0.1) is 0 Å². The maximum Gasteiger partial charge on any atom is 0.410 e. The molecule has 0 radical (unpaired) electrons. The van der Waals surface area contributed by atoms with Crippen molar-refractivity contribution < 1.29 is 28.6 Å². The molecule has 1 heterocycles. The number of amides is 3.